The van der Waals surface area contributed by atoms with Crippen LogP contribution >= 0.6 is 0 Å². The molecule has 1 aromatic carbocycles. The highest BCUT2D eigenvalue weighted by Gasteiger charge is 2.17. The van der Waals surface area contributed by atoms with Crippen LogP contribution < -0.4 is 4.72 Å². The normalized spacial score (nSPS) is 10.8. The van der Waals surface area contributed by atoms with Crippen molar-refractivity contribution < 1.29 is 27.9 Å². The molecule has 20 heavy (non-hydrogen) atoms. The molecule has 0 aliphatic carbocycles. The maximum absolute atomic E-state index is 11.6. The number of nitrogens with one attached hydrogen (secondary N) is 1. The summed E-state index contributed by atoms with van der Waals surface area (Å²) in [6.45, 7) is 1.69. The average molecular weight is 301 g/mol. The van der Waals surface area contributed by atoms with Gasteiger partial charge >= 0.3 is 11.9 Å². The summed E-state index contributed by atoms with van der Waals surface area (Å²) in [6.07, 6.45) is -0.143. The van der Waals surface area contributed by atoms with Gasteiger partial charge in [-0.2, -0.15) is 0 Å². The van der Waals surface area contributed by atoms with E-state index < -0.39 is 27.7 Å². The largest absolute Gasteiger partial charge is 0.481 e. The lowest BCUT2D eigenvalue weighted by atomic mass is 10.1. The molecule has 0 aromatic heterocycles. The van der Waals surface area contributed by atoms with Gasteiger partial charge in [0.2, 0.25) is 10.0 Å². The van der Waals surface area contributed by atoms with E-state index in [1.807, 2.05) is 0 Å². The summed E-state index contributed by atoms with van der Waals surface area (Å²) >= 11 is 0. The van der Waals surface area contributed by atoms with Crippen molar-refractivity contribution in [1.82, 2.24) is 0 Å². The summed E-state index contributed by atoms with van der Waals surface area (Å²) in [7, 11) is -3.83. The smallest absolute Gasteiger partial charge is 0.323 e. The van der Waals surface area contributed by atoms with Crippen LogP contribution in [-0.4, -0.2) is 37.8 Å². The maximum atomic E-state index is 11.6. The predicted octanol–water partition coefficient (Wildman–Crippen LogP) is 0.618. The van der Waals surface area contributed by atoms with Gasteiger partial charge in [-0.15, -0.1) is 0 Å². The molecule has 2 N–H and O–H groups in total. The number of esters is 1. The molecule has 0 aliphatic heterocycles. The number of hydrogen-bond acceptors (Lipinski definition) is 5. The van der Waals surface area contributed by atoms with Gasteiger partial charge in [0.15, 0.2) is 5.75 Å². The Morgan fingerprint density at radius 2 is 1.85 bits per heavy atom. The molecule has 0 unspecified atom stereocenters. The molecule has 0 heterocycles. The van der Waals surface area contributed by atoms with Crippen LogP contribution in [-0.2, 0) is 30.8 Å². The van der Waals surface area contributed by atoms with Crippen molar-refractivity contribution in [2.75, 3.05) is 17.1 Å². The van der Waals surface area contributed by atoms with Crippen LogP contribution in [0.15, 0.2) is 24.3 Å². The summed E-state index contributed by atoms with van der Waals surface area (Å²) in [5.41, 5.74) is 0.800. The van der Waals surface area contributed by atoms with Crippen molar-refractivity contribution in [3.8, 4) is 0 Å². The van der Waals surface area contributed by atoms with Crippen molar-refractivity contribution in [1.29, 1.82) is 0 Å². The molecule has 0 atom stereocenters. The lowest BCUT2D eigenvalue weighted by Gasteiger charge is -2.08. The molecule has 0 spiro atoms. The van der Waals surface area contributed by atoms with Crippen LogP contribution in [0.1, 0.15) is 12.5 Å². The molecule has 0 radical (unpaired) electrons. The molecule has 0 bridgehead atoms. The van der Waals surface area contributed by atoms with Gasteiger partial charge in [-0.1, -0.05) is 12.1 Å². The fraction of sp³-hybridized carbons (Fsp3) is 0.333. The number of anilines is 1. The highest BCUT2D eigenvalue weighted by molar-refractivity contribution is 7.93. The van der Waals surface area contributed by atoms with Crippen LogP contribution in [0.4, 0.5) is 5.69 Å². The van der Waals surface area contributed by atoms with Crippen LogP contribution in [0.5, 0.6) is 0 Å². The van der Waals surface area contributed by atoms with Crippen molar-refractivity contribution in [3.63, 3.8) is 0 Å². The topological polar surface area (TPSA) is 110 Å². The number of carbonyl (C=O) groups excluding carboxylic acids is 1. The first-order valence-electron chi connectivity index (χ1n) is 5.79. The third-order valence-corrected chi connectivity index (χ3v) is 3.36. The fourth-order valence-corrected chi connectivity index (χ4v) is 2.40. The Balaban J connectivity index is 2.68. The summed E-state index contributed by atoms with van der Waals surface area (Å²) in [5.74, 6) is -2.57. The van der Waals surface area contributed by atoms with Crippen molar-refractivity contribution in [2.24, 2.45) is 0 Å². The van der Waals surface area contributed by atoms with E-state index in [-0.39, 0.29) is 18.7 Å². The van der Waals surface area contributed by atoms with Crippen molar-refractivity contribution in [2.45, 2.75) is 13.3 Å². The van der Waals surface area contributed by atoms with E-state index in [1.54, 1.807) is 6.92 Å². The lowest BCUT2D eigenvalue weighted by Crippen LogP contribution is -2.24. The number of carbonyl (C=O) groups is 2. The number of carboxylic acid groups (broad SMARTS) is 1. The van der Waals surface area contributed by atoms with Gasteiger partial charge in [0.1, 0.15) is 0 Å². The Morgan fingerprint density at radius 3 is 2.35 bits per heavy atom. The highest BCUT2D eigenvalue weighted by Crippen LogP contribution is 2.12. The summed E-state index contributed by atoms with van der Waals surface area (Å²) in [6, 6.07) is 5.86. The minimum Gasteiger partial charge on any atom is -0.481 e. The average Bonchev–Trinajstić information content (AvgIpc) is 2.30. The number of rotatable bonds is 7. The van der Waals surface area contributed by atoms with Crippen molar-refractivity contribution in [3.05, 3.63) is 29.8 Å². The van der Waals surface area contributed by atoms with Crippen molar-refractivity contribution >= 4 is 27.6 Å². The number of hydrogen-bond donors (Lipinski definition) is 2. The first-order chi connectivity index (χ1) is 9.32. The summed E-state index contributed by atoms with van der Waals surface area (Å²) in [5, 5.41) is 8.61. The maximum Gasteiger partial charge on any atom is 0.323 e. The Labute approximate surface area is 116 Å². The number of carboxylic acids is 1. The molecule has 1 aromatic rings. The van der Waals surface area contributed by atoms with E-state index in [2.05, 4.69) is 9.46 Å². The quantitative estimate of drug-likeness (QED) is 0.714. The van der Waals surface area contributed by atoms with Gasteiger partial charge < -0.3 is 9.84 Å². The summed E-state index contributed by atoms with van der Waals surface area (Å²) in [4.78, 5) is 21.6. The third kappa shape index (κ3) is 5.70. The molecule has 7 nitrogen and oxygen atoms in total. The molecule has 0 amide bonds. The Bertz CT molecular complexity index is 578. The monoisotopic (exact) mass is 301 g/mol. The van der Waals surface area contributed by atoms with Crippen LogP contribution in [0.25, 0.3) is 0 Å². The molecule has 1 rings (SSSR count). The zero-order valence-electron chi connectivity index (χ0n) is 10.8. The van der Waals surface area contributed by atoms with E-state index >= 15 is 0 Å². The first kappa shape index (κ1) is 16.0. The molecular formula is C12H15NO6S. The Hall–Kier alpha value is -2.09. The Morgan fingerprint density at radius 1 is 1.25 bits per heavy atom. The van der Waals surface area contributed by atoms with E-state index in [0.717, 1.165) is 0 Å². The standard InChI is InChI=1S/C12H15NO6S/c1-2-19-12(16)8-20(17,18)13-10-5-3-9(4-6-10)7-11(14)15/h3-6,13H,2,7-8H2,1H3,(H,14,15). The minimum absolute atomic E-state index is 0.109. The third-order valence-electron chi connectivity index (χ3n) is 2.20. The lowest BCUT2D eigenvalue weighted by molar-refractivity contribution is -0.140. The van der Waals surface area contributed by atoms with Gasteiger partial charge in [-0.05, 0) is 24.6 Å². The van der Waals surface area contributed by atoms with Crippen LogP contribution in [0.3, 0.4) is 0 Å². The van der Waals surface area contributed by atoms with Crippen LogP contribution in [0, 0.1) is 0 Å². The molecule has 0 saturated carbocycles. The van der Waals surface area contributed by atoms with Gasteiger partial charge in [0, 0.05) is 5.69 Å². The first-order valence-corrected chi connectivity index (χ1v) is 7.44. The number of aliphatic carboxylic acids is 1. The number of sulfonamides is 1. The van der Waals surface area contributed by atoms with E-state index in [1.165, 1.54) is 24.3 Å². The van der Waals surface area contributed by atoms with E-state index in [4.69, 9.17) is 5.11 Å². The molecule has 110 valence electrons. The second-order valence-corrected chi connectivity index (χ2v) is 5.66. The van der Waals surface area contributed by atoms with Gasteiger partial charge in [0.05, 0.1) is 13.0 Å². The second-order valence-electron chi connectivity index (χ2n) is 3.93. The molecule has 8 heteroatoms. The molecule has 0 saturated heterocycles. The van der Waals surface area contributed by atoms with E-state index in [0.29, 0.717) is 5.56 Å². The SMILES string of the molecule is CCOC(=O)CS(=O)(=O)Nc1ccc(CC(=O)O)cc1. The summed E-state index contributed by atoms with van der Waals surface area (Å²) < 4.78 is 30.1. The minimum atomic E-state index is -3.83. The fourth-order valence-electron chi connectivity index (χ4n) is 1.44. The zero-order chi connectivity index (χ0) is 15.2. The van der Waals surface area contributed by atoms with Crippen LogP contribution in [0.2, 0.25) is 0 Å². The zero-order valence-corrected chi connectivity index (χ0v) is 11.6. The molecular weight excluding hydrogens is 286 g/mol. The predicted molar refractivity (Wildman–Crippen MR) is 71.8 cm³/mol. The van der Waals surface area contributed by atoms with E-state index in [9.17, 15) is 18.0 Å². The van der Waals surface area contributed by atoms with Gasteiger partial charge in [-0.25, -0.2) is 8.42 Å². The number of ether oxygens (including phenoxy) is 1. The highest BCUT2D eigenvalue weighted by atomic mass is 32.2. The second kappa shape index (κ2) is 6.90. The molecule has 0 fully saturated rings. The van der Waals surface area contributed by atoms with Gasteiger partial charge in [-0.3, -0.25) is 14.3 Å². The van der Waals surface area contributed by atoms with Gasteiger partial charge in [0.25, 0.3) is 0 Å². The Kier molecular flexibility index (Phi) is 5.51. The number of benzene rings is 1. The molecule has 0 aliphatic rings.